The van der Waals surface area contributed by atoms with Crippen molar-refractivity contribution in [3.63, 3.8) is 0 Å². The second-order valence-corrected chi connectivity index (χ2v) is 7.04. The molecule has 0 spiro atoms. The van der Waals surface area contributed by atoms with Gasteiger partial charge in [-0.3, -0.25) is 9.48 Å². The summed E-state index contributed by atoms with van der Waals surface area (Å²) in [5.41, 5.74) is -0.597. The van der Waals surface area contributed by atoms with Crippen LogP contribution in [-0.4, -0.2) is 57.9 Å². The highest BCUT2D eigenvalue weighted by atomic mass is 16.2. The normalized spacial score (nSPS) is 22.8. The molecule has 1 atom stereocenters. The Morgan fingerprint density at radius 2 is 2.00 bits per heavy atom. The third kappa shape index (κ3) is 3.29. The summed E-state index contributed by atoms with van der Waals surface area (Å²) in [4.78, 5) is 24.1. The van der Waals surface area contributed by atoms with Crippen LogP contribution in [0.25, 0.3) is 0 Å². The number of hydrogen-bond acceptors (Lipinski definition) is 6. The fraction of sp³-hybridized carbons (Fsp3) is 0.556. The average molecular weight is 355 g/mol. The lowest BCUT2D eigenvalue weighted by molar-refractivity contribution is -0.132. The summed E-state index contributed by atoms with van der Waals surface area (Å²) < 4.78 is 1.84. The number of piperidine rings is 2. The summed E-state index contributed by atoms with van der Waals surface area (Å²) in [6.07, 6.45) is 10.6. The summed E-state index contributed by atoms with van der Waals surface area (Å²) in [6, 6.07) is 3.80. The molecule has 1 amide bonds. The molecule has 2 saturated heterocycles. The first-order valence-electron chi connectivity index (χ1n) is 9.32. The summed E-state index contributed by atoms with van der Waals surface area (Å²) in [7, 11) is 0. The highest BCUT2D eigenvalue weighted by Gasteiger charge is 2.43. The molecular formula is C18H25N7O. The summed E-state index contributed by atoms with van der Waals surface area (Å²) >= 11 is 0. The minimum Gasteiger partial charge on any atom is -0.349 e. The number of rotatable bonds is 4. The quantitative estimate of drug-likeness (QED) is 0.832. The summed E-state index contributed by atoms with van der Waals surface area (Å²) in [6.45, 7) is 3.30. The van der Waals surface area contributed by atoms with Gasteiger partial charge in [0.1, 0.15) is 5.54 Å². The first kappa shape index (κ1) is 17.0. The van der Waals surface area contributed by atoms with Crippen LogP contribution in [0.3, 0.4) is 0 Å². The van der Waals surface area contributed by atoms with Gasteiger partial charge in [0.25, 0.3) is 0 Å². The Balaban J connectivity index is 1.47. The zero-order valence-electron chi connectivity index (χ0n) is 14.8. The molecule has 0 saturated carbocycles. The Morgan fingerprint density at radius 3 is 2.73 bits per heavy atom. The van der Waals surface area contributed by atoms with Gasteiger partial charge < -0.3 is 15.5 Å². The van der Waals surface area contributed by atoms with Crippen molar-refractivity contribution in [2.24, 2.45) is 0 Å². The van der Waals surface area contributed by atoms with E-state index in [2.05, 4.69) is 30.6 Å². The maximum atomic E-state index is 13.3. The fourth-order valence-electron chi connectivity index (χ4n) is 3.97. The first-order valence-corrected chi connectivity index (χ1v) is 9.32. The molecule has 2 aromatic heterocycles. The summed E-state index contributed by atoms with van der Waals surface area (Å²) in [5.74, 6) is 0.804. The minimum atomic E-state index is -0.597. The van der Waals surface area contributed by atoms with Gasteiger partial charge in [0.15, 0.2) is 0 Å². The van der Waals surface area contributed by atoms with E-state index >= 15 is 0 Å². The fourth-order valence-corrected chi connectivity index (χ4v) is 3.97. The smallest absolute Gasteiger partial charge is 0.248 e. The molecule has 2 N–H and O–H groups in total. The topological polar surface area (TPSA) is 88.0 Å². The molecule has 0 bridgehead atoms. The highest BCUT2D eigenvalue weighted by Crippen LogP contribution is 2.28. The monoisotopic (exact) mass is 355 g/mol. The summed E-state index contributed by atoms with van der Waals surface area (Å²) in [5, 5.41) is 11.0. The van der Waals surface area contributed by atoms with E-state index in [0.29, 0.717) is 0 Å². The SMILES string of the molecule is O=C(NC1CCCN(c2ncccn2)C1)C1(n2cccn2)CCNCC1. The number of nitrogens with zero attached hydrogens (tertiary/aromatic N) is 5. The zero-order chi connectivity index (χ0) is 17.8. The van der Waals surface area contributed by atoms with E-state index in [4.69, 9.17) is 0 Å². The number of aromatic nitrogens is 4. The Morgan fingerprint density at radius 1 is 1.19 bits per heavy atom. The van der Waals surface area contributed by atoms with Crippen LogP contribution in [0.2, 0.25) is 0 Å². The van der Waals surface area contributed by atoms with Gasteiger partial charge in [-0.15, -0.1) is 0 Å². The van der Waals surface area contributed by atoms with Crippen molar-refractivity contribution in [1.29, 1.82) is 0 Å². The predicted molar refractivity (Wildman–Crippen MR) is 97.7 cm³/mol. The van der Waals surface area contributed by atoms with Crippen LogP contribution in [-0.2, 0) is 10.3 Å². The van der Waals surface area contributed by atoms with Gasteiger partial charge in [-0.2, -0.15) is 5.10 Å². The van der Waals surface area contributed by atoms with E-state index in [1.54, 1.807) is 18.6 Å². The van der Waals surface area contributed by atoms with E-state index < -0.39 is 5.54 Å². The van der Waals surface area contributed by atoms with Crippen LogP contribution in [0.15, 0.2) is 36.9 Å². The molecular weight excluding hydrogens is 330 g/mol. The molecule has 4 heterocycles. The Bertz CT molecular complexity index is 712. The Labute approximate surface area is 153 Å². The lowest BCUT2D eigenvalue weighted by Crippen LogP contribution is -2.58. The van der Waals surface area contributed by atoms with E-state index in [1.807, 2.05) is 23.0 Å². The molecule has 26 heavy (non-hydrogen) atoms. The van der Waals surface area contributed by atoms with Gasteiger partial charge in [-0.1, -0.05) is 0 Å². The van der Waals surface area contributed by atoms with Crippen LogP contribution in [0.5, 0.6) is 0 Å². The molecule has 0 aliphatic carbocycles. The van der Waals surface area contributed by atoms with Crippen molar-refractivity contribution in [2.75, 3.05) is 31.1 Å². The third-order valence-electron chi connectivity index (χ3n) is 5.39. The molecule has 2 aromatic rings. The number of anilines is 1. The molecule has 138 valence electrons. The second-order valence-electron chi connectivity index (χ2n) is 7.04. The van der Waals surface area contributed by atoms with Crippen molar-refractivity contribution in [2.45, 2.75) is 37.3 Å². The first-order chi connectivity index (χ1) is 12.8. The Kier molecular flexibility index (Phi) is 4.83. The largest absolute Gasteiger partial charge is 0.349 e. The predicted octanol–water partition coefficient (Wildman–Crippen LogP) is 0.537. The molecule has 8 heteroatoms. The Hall–Kier alpha value is -2.48. The molecule has 0 aromatic carbocycles. The van der Waals surface area contributed by atoms with Crippen LogP contribution in [0, 0.1) is 0 Å². The van der Waals surface area contributed by atoms with Crippen molar-refractivity contribution in [3.8, 4) is 0 Å². The molecule has 8 nitrogen and oxygen atoms in total. The van der Waals surface area contributed by atoms with Crippen LogP contribution >= 0.6 is 0 Å². The third-order valence-corrected chi connectivity index (χ3v) is 5.39. The van der Waals surface area contributed by atoms with Crippen LogP contribution in [0.4, 0.5) is 5.95 Å². The van der Waals surface area contributed by atoms with E-state index in [1.165, 1.54) is 0 Å². The van der Waals surface area contributed by atoms with Crippen molar-refractivity contribution >= 4 is 11.9 Å². The van der Waals surface area contributed by atoms with Gasteiger partial charge in [0.05, 0.1) is 0 Å². The van der Waals surface area contributed by atoms with E-state index in [-0.39, 0.29) is 11.9 Å². The van der Waals surface area contributed by atoms with Gasteiger partial charge in [-0.25, -0.2) is 9.97 Å². The molecule has 0 radical (unpaired) electrons. The van der Waals surface area contributed by atoms with Crippen LogP contribution in [0.1, 0.15) is 25.7 Å². The number of hydrogen-bond donors (Lipinski definition) is 2. The number of nitrogens with one attached hydrogen (secondary N) is 2. The second kappa shape index (κ2) is 7.41. The molecule has 2 aliphatic heterocycles. The maximum Gasteiger partial charge on any atom is 0.248 e. The van der Waals surface area contributed by atoms with Crippen molar-refractivity contribution < 1.29 is 4.79 Å². The molecule has 1 unspecified atom stereocenters. The lowest BCUT2D eigenvalue weighted by Gasteiger charge is -2.39. The van der Waals surface area contributed by atoms with Gasteiger partial charge in [-0.05, 0) is 50.9 Å². The molecule has 2 aliphatic rings. The number of carbonyl (C=O) groups excluding carboxylic acids is 1. The number of carbonyl (C=O) groups is 1. The maximum absolute atomic E-state index is 13.3. The molecule has 2 fully saturated rings. The highest BCUT2D eigenvalue weighted by molar-refractivity contribution is 5.85. The van der Waals surface area contributed by atoms with Crippen molar-refractivity contribution in [1.82, 2.24) is 30.4 Å². The average Bonchev–Trinajstić information content (AvgIpc) is 3.25. The standard InChI is InChI=1S/C18H25N7O/c26-16(18(5-10-19-11-6-18)25-13-3-9-22-25)23-15-4-1-12-24(14-15)17-20-7-2-8-21-17/h2-3,7-9,13,15,19H,1,4-6,10-12,14H2,(H,23,26). The van der Waals surface area contributed by atoms with Crippen LogP contribution < -0.4 is 15.5 Å². The van der Waals surface area contributed by atoms with E-state index in [9.17, 15) is 4.79 Å². The van der Waals surface area contributed by atoms with E-state index in [0.717, 1.165) is 57.8 Å². The lowest BCUT2D eigenvalue weighted by atomic mass is 9.87. The minimum absolute atomic E-state index is 0.0727. The number of amides is 1. The van der Waals surface area contributed by atoms with Gasteiger partial charge in [0.2, 0.25) is 11.9 Å². The zero-order valence-corrected chi connectivity index (χ0v) is 14.8. The van der Waals surface area contributed by atoms with Crippen molar-refractivity contribution in [3.05, 3.63) is 36.9 Å². The van der Waals surface area contributed by atoms with Gasteiger partial charge in [0, 0.05) is 43.9 Å². The van der Waals surface area contributed by atoms with Gasteiger partial charge >= 0.3 is 0 Å². The molecule has 4 rings (SSSR count).